The lowest BCUT2D eigenvalue weighted by atomic mass is 10.1. The van der Waals surface area contributed by atoms with Gasteiger partial charge in [0.25, 0.3) is 5.91 Å². The van der Waals surface area contributed by atoms with E-state index in [4.69, 9.17) is 5.73 Å². The second-order valence-corrected chi connectivity index (χ2v) is 5.71. The van der Waals surface area contributed by atoms with Crippen LogP contribution in [0.15, 0.2) is 42.6 Å². The lowest BCUT2D eigenvalue weighted by molar-refractivity contribution is 0.100. The van der Waals surface area contributed by atoms with E-state index in [9.17, 15) is 4.79 Å². The van der Waals surface area contributed by atoms with Crippen LogP contribution in [0.4, 0.5) is 17.2 Å². The first-order chi connectivity index (χ1) is 11.2. The minimum atomic E-state index is -0.476. The summed E-state index contributed by atoms with van der Waals surface area (Å²) in [4.78, 5) is 15.9. The molecule has 6 nitrogen and oxygen atoms in total. The van der Waals surface area contributed by atoms with E-state index in [1.165, 1.54) is 6.20 Å². The summed E-state index contributed by atoms with van der Waals surface area (Å²) in [6.07, 6.45) is 2.65. The lowest BCUT2D eigenvalue weighted by Gasteiger charge is -2.15. The molecule has 1 fully saturated rings. The Morgan fingerprint density at radius 1 is 1.35 bits per heavy atom. The number of anilines is 3. The van der Waals surface area contributed by atoms with Crippen molar-refractivity contribution in [3.05, 3.63) is 48.2 Å². The van der Waals surface area contributed by atoms with Crippen molar-refractivity contribution in [3.8, 4) is 0 Å². The Bertz CT molecular complexity index is 668. The Kier molecular flexibility index (Phi) is 4.73. The topological polar surface area (TPSA) is 92.1 Å². The molecule has 1 aromatic carbocycles. The molecule has 1 amide bonds. The number of para-hydroxylation sites is 1. The van der Waals surface area contributed by atoms with Gasteiger partial charge in [-0.3, -0.25) is 4.79 Å². The summed E-state index contributed by atoms with van der Waals surface area (Å²) in [5, 5.41) is 9.90. The zero-order valence-corrected chi connectivity index (χ0v) is 12.9. The van der Waals surface area contributed by atoms with Crippen LogP contribution >= 0.6 is 0 Å². The van der Waals surface area contributed by atoms with Crippen molar-refractivity contribution < 1.29 is 4.79 Å². The van der Waals surface area contributed by atoms with Gasteiger partial charge < -0.3 is 21.7 Å². The molecule has 0 spiro atoms. The van der Waals surface area contributed by atoms with Crippen LogP contribution < -0.4 is 21.7 Å². The van der Waals surface area contributed by atoms with Crippen LogP contribution in [-0.4, -0.2) is 30.5 Å². The summed E-state index contributed by atoms with van der Waals surface area (Å²) in [5.41, 5.74) is 7.52. The molecule has 23 heavy (non-hydrogen) atoms. The maximum Gasteiger partial charge on any atom is 0.252 e. The van der Waals surface area contributed by atoms with Crippen LogP contribution in [0, 0.1) is 5.92 Å². The van der Waals surface area contributed by atoms with Gasteiger partial charge in [-0.1, -0.05) is 18.2 Å². The number of pyridine rings is 1. The Hall–Kier alpha value is -2.60. The highest BCUT2D eigenvalue weighted by molar-refractivity contribution is 5.98. The smallest absolute Gasteiger partial charge is 0.252 e. The Morgan fingerprint density at radius 3 is 2.87 bits per heavy atom. The van der Waals surface area contributed by atoms with E-state index < -0.39 is 5.91 Å². The molecule has 6 heteroatoms. The molecule has 1 aromatic heterocycles. The highest BCUT2D eigenvalue weighted by Gasteiger charge is 2.16. The number of rotatable bonds is 6. The zero-order chi connectivity index (χ0) is 16.1. The van der Waals surface area contributed by atoms with Gasteiger partial charge in [0.1, 0.15) is 5.82 Å². The monoisotopic (exact) mass is 311 g/mol. The number of primary amides is 1. The van der Waals surface area contributed by atoms with Crippen molar-refractivity contribution in [2.45, 2.75) is 6.42 Å². The maximum absolute atomic E-state index is 11.6. The van der Waals surface area contributed by atoms with Crippen LogP contribution in [0.3, 0.4) is 0 Å². The summed E-state index contributed by atoms with van der Waals surface area (Å²) in [5.74, 6) is 0.762. The van der Waals surface area contributed by atoms with Crippen LogP contribution in [-0.2, 0) is 0 Å². The fourth-order valence-corrected chi connectivity index (χ4v) is 2.68. The van der Waals surface area contributed by atoms with Gasteiger partial charge in [-0.2, -0.15) is 0 Å². The minimum absolute atomic E-state index is 0.412. The first-order valence-corrected chi connectivity index (χ1v) is 7.79. The van der Waals surface area contributed by atoms with E-state index in [0.29, 0.717) is 17.3 Å². The molecule has 0 radical (unpaired) electrons. The minimum Gasteiger partial charge on any atom is -0.384 e. The number of nitrogens with zero attached hydrogens (tertiary/aromatic N) is 1. The summed E-state index contributed by atoms with van der Waals surface area (Å²) < 4.78 is 0. The predicted octanol–water partition coefficient (Wildman–Crippen LogP) is 1.95. The van der Waals surface area contributed by atoms with Crippen LogP contribution in [0.2, 0.25) is 0 Å². The summed E-state index contributed by atoms with van der Waals surface area (Å²) >= 11 is 0. The van der Waals surface area contributed by atoms with E-state index >= 15 is 0 Å². The molecule has 120 valence electrons. The van der Waals surface area contributed by atoms with Gasteiger partial charge in [-0.05, 0) is 37.6 Å². The van der Waals surface area contributed by atoms with Gasteiger partial charge in [0, 0.05) is 24.5 Å². The third kappa shape index (κ3) is 3.98. The second kappa shape index (κ2) is 7.11. The van der Waals surface area contributed by atoms with Gasteiger partial charge in [0.05, 0.1) is 11.3 Å². The normalized spacial score (nSPS) is 17.0. The van der Waals surface area contributed by atoms with Crippen LogP contribution in [0.1, 0.15) is 16.8 Å². The maximum atomic E-state index is 11.6. The third-order valence-electron chi connectivity index (χ3n) is 3.96. The molecule has 0 aliphatic carbocycles. The first kappa shape index (κ1) is 15.3. The van der Waals surface area contributed by atoms with Crippen molar-refractivity contribution in [3.63, 3.8) is 0 Å². The summed E-state index contributed by atoms with van der Waals surface area (Å²) in [6, 6.07) is 11.6. The molecule has 0 bridgehead atoms. The summed E-state index contributed by atoms with van der Waals surface area (Å²) in [7, 11) is 0. The van der Waals surface area contributed by atoms with Crippen LogP contribution in [0.25, 0.3) is 0 Å². The molecule has 3 rings (SSSR count). The van der Waals surface area contributed by atoms with Crippen molar-refractivity contribution >= 4 is 23.1 Å². The Balaban J connectivity index is 1.76. The molecule has 5 N–H and O–H groups in total. The number of carbonyl (C=O) groups excluding carboxylic acids is 1. The van der Waals surface area contributed by atoms with Gasteiger partial charge in [0.15, 0.2) is 0 Å². The number of amides is 1. The lowest BCUT2D eigenvalue weighted by Crippen LogP contribution is -2.20. The van der Waals surface area contributed by atoms with E-state index in [1.807, 2.05) is 36.4 Å². The molecule has 1 unspecified atom stereocenters. The molecule has 1 aliphatic heterocycles. The highest BCUT2D eigenvalue weighted by Crippen LogP contribution is 2.22. The third-order valence-corrected chi connectivity index (χ3v) is 3.96. The number of carbonyl (C=O) groups is 1. The van der Waals surface area contributed by atoms with Crippen molar-refractivity contribution in [1.29, 1.82) is 0 Å². The second-order valence-electron chi connectivity index (χ2n) is 5.71. The van der Waals surface area contributed by atoms with E-state index in [-0.39, 0.29) is 0 Å². The fourth-order valence-electron chi connectivity index (χ4n) is 2.68. The Labute approximate surface area is 135 Å². The van der Waals surface area contributed by atoms with Crippen LogP contribution in [0.5, 0.6) is 0 Å². The SMILES string of the molecule is NC(=O)c1cnc(Nc2ccccc2)cc1NCC1CCNC1. The first-order valence-electron chi connectivity index (χ1n) is 7.79. The quantitative estimate of drug-likeness (QED) is 0.654. The van der Waals surface area contributed by atoms with E-state index in [1.54, 1.807) is 0 Å². The molecular formula is C17H21N5O. The molecule has 1 atom stereocenters. The number of nitrogens with one attached hydrogen (secondary N) is 3. The van der Waals surface area contributed by atoms with Gasteiger partial charge in [0.2, 0.25) is 0 Å². The zero-order valence-electron chi connectivity index (χ0n) is 12.9. The molecule has 2 aromatic rings. The van der Waals surface area contributed by atoms with Gasteiger partial charge in [-0.15, -0.1) is 0 Å². The van der Waals surface area contributed by atoms with E-state index in [0.717, 1.165) is 37.4 Å². The average molecular weight is 311 g/mol. The van der Waals surface area contributed by atoms with Crippen molar-refractivity contribution in [2.75, 3.05) is 30.3 Å². The predicted molar refractivity (Wildman–Crippen MR) is 91.9 cm³/mol. The Morgan fingerprint density at radius 2 is 2.17 bits per heavy atom. The number of nitrogens with two attached hydrogens (primary N) is 1. The molecular weight excluding hydrogens is 290 g/mol. The standard InChI is InChI=1S/C17H21N5O/c18-17(23)14-11-21-16(22-13-4-2-1-3-5-13)8-15(14)20-10-12-6-7-19-9-12/h1-5,8,11-12,19H,6-7,9-10H2,(H2,18,23)(H2,20,21,22). The number of aromatic nitrogens is 1. The summed E-state index contributed by atoms with van der Waals surface area (Å²) in [6.45, 7) is 2.85. The number of hydrogen-bond donors (Lipinski definition) is 4. The molecule has 1 aliphatic rings. The molecule has 1 saturated heterocycles. The van der Waals surface area contributed by atoms with Crippen molar-refractivity contribution in [2.24, 2.45) is 11.7 Å². The van der Waals surface area contributed by atoms with Crippen molar-refractivity contribution in [1.82, 2.24) is 10.3 Å². The van der Waals surface area contributed by atoms with Gasteiger partial charge in [-0.25, -0.2) is 4.98 Å². The number of hydrogen-bond acceptors (Lipinski definition) is 5. The molecule has 2 heterocycles. The highest BCUT2D eigenvalue weighted by atomic mass is 16.1. The van der Waals surface area contributed by atoms with Gasteiger partial charge >= 0.3 is 0 Å². The average Bonchev–Trinajstić information content (AvgIpc) is 3.07. The molecule has 0 saturated carbocycles. The fraction of sp³-hybridized carbons (Fsp3) is 0.294. The van der Waals surface area contributed by atoms with E-state index in [2.05, 4.69) is 20.9 Å². The number of benzene rings is 1. The largest absolute Gasteiger partial charge is 0.384 e.